The Morgan fingerprint density at radius 3 is 2.67 bits per heavy atom. The number of nitrogens with zero attached hydrogens (tertiary/aromatic N) is 1. The summed E-state index contributed by atoms with van der Waals surface area (Å²) in [7, 11) is 0. The molecule has 0 spiro atoms. The van der Waals surface area contributed by atoms with Crippen LogP contribution in [0, 0.1) is 6.92 Å². The Morgan fingerprint density at radius 1 is 1.29 bits per heavy atom. The molecule has 1 aliphatic rings. The molecule has 1 heterocycles. The highest BCUT2D eigenvalue weighted by atomic mass is 35.5. The molecule has 108 valence electrons. The number of rotatable bonds is 3. The average Bonchev–Trinajstić information content (AvgIpc) is 2.83. The lowest BCUT2D eigenvalue weighted by Gasteiger charge is -2.20. The number of anilines is 1. The van der Waals surface area contributed by atoms with Gasteiger partial charge in [-0.3, -0.25) is 0 Å². The van der Waals surface area contributed by atoms with Gasteiger partial charge in [0.25, 0.3) is 0 Å². The largest absolute Gasteiger partial charge is 0.478 e. The number of carbonyl (C=O) groups is 1. The van der Waals surface area contributed by atoms with Gasteiger partial charge < -0.3 is 10.0 Å². The second-order valence-corrected chi connectivity index (χ2v) is 5.83. The number of hydrogen-bond donors (Lipinski definition) is 1. The first-order valence-corrected chi connectivity index (χ1v) is 7.28. The van der Waals surface area contributed by atoms with Crippen LogP contribution in [0.15, 0.2) is 36.4 Å². The van der Waals surface area contributed by atoms with Gasteiger partial charge in [-0.15, -0.1) is 0 Å². The Labute approximate surface area is 128 Å². The van der Waals surface area contributed by atoms with Crippen molar-refractivity contribution in [3.05, 3.63) is 63.7 Å². The van der Waals surface area contributed by atoms with Crippen LogP contribution in [-0.2, 0) is 13.0 Å². The number of hydrogen-bond acceptors (Lipinski definition) is 2. The van der Waals surface area contributed by atoms with E-state index in [-0.39, 0.29) is 0 Å². The van der Waals surface area contributed by atoms with Crippen molar-refractivity contribution < 1.29 is 9.90 Å². The fraction of sp³-hybridized carbons (Fsp3) is 0.235. The molecule has 0 aliphatic carbocycles. The molecule has 0 saturated heterocycles. The molecule has 1 N–H and O–H groups in total. The Bertz CT molecular complexity index is 695. The number of carboxylic acid groups (broad SMARTS) is 1. The van der Waals surface area contributed by atoms with Crippen molar-refractivity contribution in [2.45, 2.75) is 19.9 Å². The number of halogens is 1. The molecular weight excluding hydrogens is 286 g/mol. The zero-order valence-electron chi connectivity index (χ0n) is 11.8. The first-order valence-electron chi connectivity index (χ1n) is 6.91. The van der Waals surface area contributed by atoms with Crippen LogP contribution >= 0.6 is 11.6 Å². The zero-order valence-corrected chi connectivity index (χ0v) is 12.5. The van der Waals surface area contributed by atoms with Crippen LogP contribution in [0.25, 0.3) is 0 Å². The van der Waals surface area contributed by atoms with E-state index in [1.807, 2.05) is 24.3 Å². The molecule has 0 aromatic heterocycles. The normalized spacial score (nSPS) is 13.3. The topological polar surface area (TPSA) is 40.5 Å². The molecule has 0 amide bonds. The maximum absolute atomic E-state index is 10.9. The van der Waals surface area contributed by atoms with Crippen LogP contribution < -0.4 is 4.90 Å². The van der Waals surface area contributed by atoms with Crippen LogP contribution in [0.2, 0.25) is 5.02 Å². The predicted octanol–water partition coefficient (Wildman–Crippen LogP) is 3.91. The van der Waals surface area contributed by atoms with E-state index in [9.17, 15) is 4.79 Å². The van der Waals surface area contributed by atoms with E-state index in [2.05, 4.69) is 11.8 Å². The maximum atomic E-state index is 10.9. The summed E-state index contributed by atoms with van der Waals surface area (Å²) < 4.78 is 0. The van der Waals surface area contributed by atoms with Crippen LogP contribution in [0.4, 0.5) is 5.69 Å². The molecule has 21 heavy (non-hydrogen) atoms. The Hall–Kier alpha value is -2.00. The van der Waals surface area contributed by atoms with E-state index < -0.39 is 5.97 Å². The van der Waals surface area contributed by atoms with Crippen molar-refractivity contribution in [2.75, 3.05) is 11.4 Å². The summed E-state index contributed by atoms with van der Waals surface area (Å²) in [4.78, 5) is 13.2. The van der Waals surface area contributed by atoms with Gasteiger partial charge >= 0.3 is 5.97 Å². The van der Waals surface area contributed by atoms with Gasteiger partial charge in [-0.1, -0.05) is 23.7 Å². The van der Waals surface area contributed by atoms with Crippen molar-refractivity contribution in [3.8, 4) is 0 Å². The van der Waals surface area contributed by atoms with Crippen molar-refractivity contribution in [3.63, 3.8) is 0 Å². The summed E-state index contributed by atoms with van der Waals surface area (Å²) in [5.74, 6) is -0.893. The van der Waals surface area contributed by atoms with Crippen molar-refractivity contribution in [2.24, 2.45) is 0 Å². The number of benzene rings is 2. The monoisotopic (exact) mass is 301 g/mol. The first kappa shape index (κ1) is 14.0. The number of aromatic carboxylic acids is 1. The van der Waals surface area contributed by atoms with Crippen LogP contribution in [-0.4, -0.2) is 17.6 Å². The summed E-state index contributed by atoms with van der Waals surface area (Å²) in [5.41, 5.74) is 5.22. The number of fused-ring (bicyclic) bond motifs is 1. The molecule has 1 aliphatic heterocycles. The van der Waals surface area contributed by atoms with Crippen LogP contribution in [0.5, 0.6) is 0 Å². The first-order chi connectivity index (χ1) is 10.0. The predicted molar refractivity (Wildman–Crippen MR) is 84.3 cm³/mol. The molecule has 0 atom stereocenters. The van der Waals surface area contributed by atoms with Gasteiger partial charge in [-0.05, 0) is 54.3 Å². The molecule has 4 heteroatoms. The van der Waals surface area contributed by atoms with E-state index in [1.54, 1.807) is 12.1 Å². The third-order valence-corrected chi connectivity index (χ3v) is 4.18. The van der Waals surface area contributed by atoms with E-state index >= 15 is 0 Å². The highest BCUT2D eigenvalue weighted by Crippen LogP contribution is 2.34. The van der Waals surface area contributed by atoms with Gasteiger partial charge in [-0.25, -0.2) is 4.79 Å². The zero-order chi connectivity index (χ0) is 15.0. The molecule has 0 fully saturated rings. The highest BCUT2D eigenvalue weighted by Gasteiger charge is 2.21. The average molecular weight is 302 g/mol. The molecule has 2 aromatic carbocycles. The maximum Gasteiger partial charge on any atom is 0.335 e. The lowest BCUT2D eigenvalue weighted by molar-refractivity contribution is 0.0697. The fourth-order valence-electron chi connectivity index (χ4n) is 2.87. The Kier molecular flexibility index (Phi) is 3.60. The quantitative estimate of drug-likeness (QED) is 0.934. The third-order valence-electron chi connectivity index (χ3n) is 3.96. The van der Waals surface area contributed by atoms with E-state index in [4.69, 9.17) is 16.7 Å². The minimum absolute atomic E-state index is 0.319. The second-order valence-electron chi connectivity index (χ2n) is 5.39. The molecule has 0 unspecified atom stereocenters. The van der Waals surface area contributed by atoms with E-state index in [0.29, 0.717) is 5.56 Å². The summed E-state index contributed by atoms with van der Waals surface area (Å²) in [6.45, 7) is 3.83. The fourth-order valence-corrected chi connectivity index (χ4v) is 3.13. The van der Waals surface area contributed by atoms with Gasteiger partial charge in [-0.2, -0.15) is 0 Å². The van der Waals surface area contributed by atoms with E-state index in [0.717, 1.165) is 30.1 Å². The lowest BCUT2D eigenvalue weighted by Crippen LogP contribution is -2.19. The van der Waals surface area contributed by atoms with Crippen LogP contribution in [0.1, 0.15) is 27.0 Å². The molecule has 0 bridgehead atoms. The van der Waals surface area contributed by atoms with Gasteiger partial charge in [0.2, 0.25) is 0 Å². The van der Waals surface area contributed by atoms with Crippen molar-refractivity contribution in [1.82, 2.24) is 0 Å². The van der Waals surface area contributed by atoms with Crippen molar-refractivity contribution >= 4 is 23.3 Å². The summed E-state index contributed by atoms with van der Waals surface area (Å²) >= 11 is 6.16. The van der Waals surface area contributed by atoms with Gasteiger partial charge in [0.05, 0.1) is 5.56 Å². The summed E-state index contributed by atoms with van der Waals surface area (Å²) in [6, 6.07) is 11.1. The second kappa shape index (κ2) is 5.41. The molecule has 0 saturated carbocycles. The minimum Gasteiger partial charge on any atom is -0.478 e. The lowest BCUT2D eigenvalue weighted by atomic mass is 10.1. The van der Waals surface area contributed by atoms with Gasteiger partial charge in [0.1, 0.15) is 0 Å². The summed E-state index contributed by atoms with van der Waals surface area (Å²) in [6.07, 6.45) is 1.03. The standard InChI is InChI=1S/C17H16ClNO2/c1-11-8-14(18)9-16-15(11)6-7-19(16)10-12-2-4-13(5-3-12)17(20)21/h2-5,8-9H,6-7,10H2,1H3,(H,20,21). The molecule has 0 radical (unpaired) electrons. The molecule has 3 rings (SSSR count). The van der Waals surface area contributed by atoms with Gasteiger partial charge in [0, 0.05) is 23.8 Å². The Morgan fingerprint density at radius 2 is 2.00 bits per heavy atom. The summed E-state index contributed by atoms with van der Waals surface area (Å²) in [5, 5.41) is 9.69. The van der Waals surface area contributed by atoms with E-state index in [1.165, 1.54) is 16.8 Å². The SMILES string of the molecule is Cc1cc(Cl)cc2c1CCN2Cc1ccc(C(=O)O)cc1. The molecular formula is C17H16ClNO2. The van der Waals surface area contributed by atoms with Crippen LogP contribution in [0.3, 0.4) is 0 Å². The molecule has 2 aromatic rings. The third kappa shape index (κ3) is 2.74. The van der Waals surface area contributed by atoms with Gasteiger partial charge in [0.15, 0.2) is 0 Å². The smallest absolute Gasteiger partial charge is 0.335 e. The number of carboxylic acids is 1. The minimum atomic E-state index is -0.893. The molecule has 3 nitrogen and oxygen atoms in total. The van der Waals surface area contributed by atoms with Crippen molar-refractivity contribution in [1.29, 1.82) is 0 Å². The number of aryl methyl sites for hydroxylation is 1. The Balaban J connectivity index is 1.83. The highest BCUT2D eigenvalue weighted by molar-refractivity contribution is 6.31.